The molecule has 0 radical (unpaired) electrons. The van der Waals surface area contributed by atoms with Crippen LogP contribution < -0.4 is 15.5 Å². The first-order valence-corrected chi connectivity index (χ1v) is 8.96. The number of amides is 2. The summed E-state index contributed by atoms with van der Waals surface area (Å²) in [5.74, 6) is 0.0698. The van der Waals surface area contributed by atoms with Crippen molar-refractivity contribution in [3.8, 4) is 5.75 Å². The van der Waals surface area contributed by atoms with Gasteiger partial charge in [-0.15, -0.1) is 11.3 Å². The molecular formula is C20H17N3O3S. The monoisotopic (exact) mass is 379 g/mol. The number of anilines is 1. The zero-order valence-electron chi connectivity index (χ0n) is 14.5. The van der Waals surface area contributed by atoms with Crippen molar-refractivity contribution < 1.29 is 14.3 Å². The van der Waals surface area contributed by atoms with Crippen LogP contribution in [0.15, 0.2) is 71.1 Å². The van der Waals surface area contributed by atoms with Crippen LogP contribution in [0.5, 0.6) is 5.75 Å². The Morgan fingerprint density at radius 1 is 1.00 bits per heavy atom. The van der Waals surface area contributed by atoms with Crippen LogP contribution in [0.2, 0.25) is 0 Å². The number of thiophene rings is 1. The van der Waals surface area contributed by atoms with Gasteiger partial charge in [0.2, 0.25) is 0 Å². The van der Waals surface area contributed by atoms with Gasteiger partial charge < -0.3 is 10.1 Å². The molecule has 0 aliphatic heterocycles. The number of para-hydroxylation sites is 1. The molecule has 0 aliphatic rings. The van der Waals surface area contributed by atoms with Crippen LogP contribution in [0.4, 0.5) is 5.69 Å². The highest BCUT2D eigenvalue weighted by atomic mass is 32.1. The normalized spacial score (nSPS) is 10.6. The van der Waals surface area contributed by atoms with E-state index in [0.717, 1.165) is 11.3 Å². The van der Waals surface area contributed by atoms with Crippen LogP contribution in [0.1, 0.15) is 25.6 Å². The van der Waals surface area contributed by atoms with Gasteiger partial charge in [0.05, 0.1) is 29.5 Å². The summed E-state index contributed by atoms with van der Waals surface area (Å²) < 4.78 is 5.09. The van der Waals surface area contributed by atoms with Crippen LogP contribution in [0.3, 0.4) is 0 Å². The van der Waals surface area contributed by atoms with Crippen molar-refractivity contribution in [1.29, 1.82) is 0 Å². The number of carbonyl (C=O) groups is 2. The number of benzene rings is 2. The van der Waals surface area contributed by atoms with E-state index in [1.54, 1.807) is 55.6 Å². The number of hydrogen-bond donors (Lipinski definition) is 2. The van der Waals surface area contributed by atoms with E-state index < -0.39 is 5.91 Å². The van der Waals surface area contributed by atoms with Crippen molar-refractivity contribution in [2.75, 3.05) is 12.4 Å². The molecule has 3 aromatic rings. The Morgan fingerprint density at radius 3 is 2.48 bits per heavy atom. The average molecular weight is 379 g/mol. The van der Waals surface area contributed by atoms with Gasteiger partial charge in [0.15, 0.2) is 0 Å². The van der Waals surface area contributed by atoms with Gasteiger partial charge in [-0.25, -0.2) is 5.43 Å². The summed E-state index contributed by atoms with van der Waals surface area (Å²) in [6.45, 7) is 0. The molecule has 0 unspecified atom stereocenters. The van der Waals surface area contributed by atoms with Gasteiger partial charge in [0, 0.05) is 0 Å². The molecule has 7 heteroatoms. The molecule has 0 spiro atoms. The third kappa shape index (κ3) is 4.80. The van der Waals surface area contributed by atoms with E-state index in [0.29, 0.717) is 16.1 Å². The van der Waals surface area contributed by atoms with Crippen molar-refractivity contribution in [1.82, 2.24) is 5.43 Å². The van der Waals surface area contributed by atoms with Crippen LogP contribution >= 0.6 is 11.3 Å². The fraction of sp³-hybridized carbons (Fsp3) is 0.0500. The highest BCUT2D eigenvalue weighted by Crippen LogP contribution is 2.18. The van der Waals surface area contributed by atoms with Gasteiger partial charge in [-0.1, -0.05) is 18.2 Å². The topological polar surface area (TPSA) is 79.8 Å². The first kappa shape index (κ1) is 18.3. The lowest BCUT2D eigenvalue weighted by atomic mass is 10.1. The van der Waals surface area contributed by atoms with Crippen molar-refractivity contribution in [2.24, 2.45) is 5.10 Å². The molecule has 3 rings (SSSR count). The average Bonchev–Trinajstić information content (AvgIpc) is 3.24. The van der Waals surface area contributed by atoms with Crippen molar-refractivity contribution >= 4 is 35.1 Å². The molecule has 0 bridgehead atoms. The second kappa shape index (κ2) is 8.77. The van der Waals surface area contributed by atoms with Crippen LogP contribution in [0.25, 0.3) is 0 Å². The lowest BCUT2D eigenvalue weighted by molar-refractivity contribution is 0.0956. The fourth-order valence-corrected chi connectivity index (χ4v) is 2.92. The minimum Gasteiger partial charge on any atom is -0.497 e. The Hall–Kier alpha value is -3.45. The molecule has 0 saturated carbocycles. The minimum atomic E-state index is -0.415. The molecule has 6 nitrogen and oxygen atoms in total. The highest BCUT2D eigenvalue weighted by Gasteiger charge is 2.14. The zero-order chi connectivity index (χ0) is 19.1. The first-order chi connectivity index (χ1) is 13.2. The third-order valence-corrected chi connectivity index (χ3v) is 4.53. The summed E-state index contributed by atoms with van der Waals surface area (Å²) in [5, 5.41) is 8.55. The Bertz CT molecular complexity index is 951. The predicted molar refractivity (Wildman–Crippen MR) is 107 cm³/mol. The molecule has 0 aliphatic carbocycles. The molecule has 27 heavy (non-hydrogen) atoms. The number of ether oxygens (including phenoxy) is 1. The number of rotatable bonds is 6. The van der Waals surface area contributed by atoms with Gasteiger partial charge in [0.1, 0.15) is 5.75 Å². The SMILES string of the molecule is COc1ccc(/C=N/NC(=O)c2ccccc2NC(=O)c2cccs2)cc1. The van der Waals surface area contributed by atoms with Gasteiger partial charge in [0.25, 0.3) is 11.8 Å². The summed E-state index contributed by atoms with van der Waals surface area (Å²) >= 11 is 1.33. The summed E-state index contributed by atoms with van der Waals surface area (Å²) in [4.78, 5) is 25.2. The molecular weight excluding hydrogens is 362 g/mol. The highest BCUT2D eigenvalue weighted by molar-refractivity contribution is 7.12. The van der Waals surface area contributed by atoms with E-state index in [4.69, 9.17) is 4.74 Å². The zero-order valence-corrected chi connectivity index (χ0v) is 15.3. The van der Waals surface area contributed by atoms with Crippen LogP contribution in [-0.2, 0) is 0 Å². The maximum atomic E-state index is 12.4. The largest absolute Gasteiger partial charge is 0.497 e. The Labute approximate surface area is 160 Å². The lowest BCUT2D eigenvalue weighted by Gasteiger charge is -2.09. The lowest BCUT2D eigenvalue weighted by Crippen LogP contribution is -2.21. The summed E-state index contributed by atoms with van der Waals surface area (Å²) in [6, 6.07) is 17.6. The van der Waals surface area contributed by atoms with Crippen molar-refractivity contribution in [3.05, 3.63) is 82.0 Å². The molecule has 2 N–H and O–H groups in total. The molecule has 1 aromatic heterocycles. The maximum Gasteiger partial charge on any atom is 0.273 e. The van der Waals surface area contributed by atoms with Crippen LogP contribution in [-0.4, -0.2) is 25.1 Å². The number of methoxy groups -OCH3 is 1. The number of nitrogens with zero attached hydrogens (tertiary/aromatic N) is 1. The molecule has 0 saturated heterocycles. The van der Waals surface area contributed by atoms with Crippen molar-refractivity contribution in [2.45, 2.75) is 0 Å². The summed E-state index contributed by atoms with van der Waals surface area (Å²) in [5.41, 5.74) is 4.04. The summed E-state index contributed by atoms with van der Waals surface area (Å²) in [7, 11) is 1.60. The van der Waals surface area contributed by atoms with E-state index in [9.17, 15) is 9.59 Å². The van der Waals surface area contributed by atoms with E-state index in [-0.39, 0.29) is 5.91 Å². The van der Waals surface area contributed by atoms with Crippen molar-refractivity contribution in [3.63, 3.8) is 0 Å². The Kier molecular flexibility index (Phi) is 5.96. The fourth-order valence-electron chi connectivity index (χ4n) is 2.30. The number of hydrogen-bond acceptors (Lipinski definition) is 5. The van der Waals surface area contributed by atoms with Crippen LogP contribution in [0, 0.1) is 0 Å². The van der Waals surface area contributed by atoms with Gasteiger partial charge in [-0.2, -0.15) is 5.10 Å². The molecule has 136 valence electrons. The van der Waals surface area contributed by atoms with E-state index in [1.807, 2.05) is 17.5 Å². The minimum absolute atomic E-state index is 0.257. The predicted octanol–water partition coefficient (Wildman–Crippen LogP) is 3.77. The quantitative estimate of drug-likeness (QED) is 0.505. The number of carbonyl (C=O) groups excluding carboxylic acids is 2. The second-order valence-corrected chi connectivity index (χ2v) is 6.40. The maximum absolute atomic E-state index is 12.4. The Balaban J connectivity index is 1.67. The third-order valence-electron chi connectivity index (χ3n) is 3.66. The van der Waals surface area contributed by atoms with E-state index in [2.05, 4.69) is 15.8 Å². The van der Waals surface area contributed by atoms with Gasteiger partial charge >= 0.3 is 0 Å². The molecule has 2 aromatic carbocycles. The van der Waals surface area contributed by atoms with Gasteiger partial charge in [-0.3, -0.25) is 9.59 Å². The molecule has 1 heterocycles. The second-order valence-electron chi connectivity index (χ2n) is 5.45. The van der Waals surface area contributed by atoms with E-state index >= 15 is 0 Å². The Morgan fingerprint density at radius 2 is 1.78 bits per heavy atom. The van der Waals surface area contributed by atoms with E-state index in [1.165, 1.54) is 17.6 Å². The number of nitrogens with one attached hydrogen (secondary N) is 2. The molecule has 0 fully saturated rings. The molecule has 2 amide bonds. The standard InChI is InChI=1S/C20H17N3O3S/c1-26-15-10-8-14(9-11-15)13-21-23-19(24)16-5-2-3-6-17(16)22-20(25)18-7-4-12-27-18/h2-13H,1H3,(H,22,25)(H,23,24)/b21-13+. The number of hydrazone groups is 1. The smallest absolute Gasteiger partial charge is 0.273 e. The molecule has 0 atom stereocenters. The summed E-state index contributed by atoms with van der Waals surface area (Å²) in [6.07, 6.45) is 1.53. The first-order valence-electron chi connectivity index (χ1n) is 8.08. The van der Waals surface area contributed by atoms with Gasteiger partial charge in [-0.05, 0) is 53.4 Å².